The SMILES string of the molecule is COCc1nc2cnccn2c1C(=O)O. The molecule has 2 aromatic heterocycles. The van der Waals surface area contributed by atoms with Crippen LogP contribution in [-0.4, -0.2) is 32.6 Å². The zero-order chi connectivity index (χ0) is 10.8. The summed E-state index contributed by atoms with van der Waals surface area (Å²) in [6, 6.07) is 0. The first kappa shape index (κ1) is 9.60. The Morgan fingerprint density at radius 1 is 1.67 bits per heavy atom. The van der Waals surface area contributed by atoms with E-state index in [-0.39, 0.29) is 12.3 Å². The van der Waals surface area contributed by atoms with Crippen molar-refractivity contribution in [2.45, 2.75) is 6.61 Å². The van der Waals surface area contributed by atoms with Crippen LogP contribution in [0.1, 0.15) is 16.2 Å². The van der Waals surface area contributed by atoms with Gasteiger partial charge in [0.1, 0.15) is 5.69 Å². The highest BCUT2D eigenvalue weighted by molar-refractivity contribution is 5.88. The topological polar surface area (TPSA) is 76.7 Å². The Hall–Kier alpha value is -1.95. The summed E-state index contributed by atoms with van der Waals surface area (Å²) in [6.45, 7) is 0.170. The van der Waals surface area contributed by atoms with Gasteiger partial charge in [0.25, 0.3) is 0 Å². The predicted molar refractivity (Wildman–Crippen MR) is 50.7 cm³/mol. The molecule has 0 aliphatic heterocycles. The lowest BCUT2D eigenvalue weighted by atomic mass is 10.3. The summed E-state index contributed by atoms with van der Waals surface area (Å²) in [7, 11) is 1.49. The van der Waals surface area contributed by atoms with Crippen LogP contribution in [0.25, 0.3) is 5.65 Å². The van der Waals surface area contributed by atoms with E-state index in [2.05, 4.69) is 9.97 Å². The lowest BCUT2D eigenvalue weighted by Gasteiger charge is -1.97. The quantitative estimate of drug-likeness (QED) is 0.796. The van der Waals surface area contributed by atoms with E-state index in [0.717, 1.165) is 0 Å². The highest BCUT2D eigenvalue weighted by Crippen LogP contribution is 2.12. The van der Waals surface area contributed by atoms with Gasteiger partial charge in [-0.1, -0.05) is 0 Å². The van der Waals surface area contributed by atoms with Crippen molar-refractivity contribution in [3.8, 4) is 0 Å². The lowest BCUT2D eigenvalue weighted by Crippen LogP contribution is -2.05. The summed E-state index contributed by atoms with van der Waals surface area (Å²) in [5, 5.41) is 9.04. The summed E-state index contributed by atoms with van der Waals surface area (Å²) >= 11 is 0. The van der Waals surface area contributed by atoms with Crippen LogP contribution in [-0.2, 0) is 11.3 Å². The molecule has 0 amide bonds. The molecule has 6 heteroatoms. The summed E-state index contributed by atoms with van der Waals surface area (Å²) in [6.07, 6.45) is 4.58. The standard InChI is InChI=1S/C9H9N3O3/c1-15-5-6-8(9(13)14)12-3-2-10-4-7(12)11-6/h2-4H,5H2,1H3,(H,13,14). The molecule has 0 atom stereocenters. The lowest BCUT2D eigenvalue weighted by molar-refractivity contribution is 0.0683. The smallest absolute Gasteiger partial charge is 0.354 e. The van der Waals surface area contributed by atoms with Crippen molar-refractivity contribution in [2.24, 2.45) is 0 Å². The Kier molecular flexibility index (Phi) is 2.34. The van der Waals surface area contributed by atoms with Crippen LogP contribution < -0.4 is 0 Å². The van der Waals surface area contributed by atoms with E-state index < -0.39 is 5.97 Å². The largest absolute Gasteiger partial charge is 0.477 e. The van der Waals surface area contributed by atoms with Crippen molar-refractivity contribution in [1.82, 2.24) is 14.4 Å². The monoisotopic (exact) mass is 207 g/mol. The van der Waals surface area contributed by atoms with Gasteiger partial charge in [-0.05, 0) is 0 Å². The van der Waals surface area contributed by atoms with Crippen LogP contribution in [0.4, 0.5) is 0 Å². The summed E-state index contributed by atoms with van der Waals surface area (Å²) in [5.41, 5.74) is 1.02. The van der Waals surface area contributed by atoms with Crippen LogP contribution in [0, 0.1) is 0 Å². The zero-order valence-corrected chi connectivity index (χ0v) is 8.04. The van der Waals surface area contributed by atoms with Gasteiger partial charge in [-0.15, -0.1) is 0 Å². The van der Waals surface area contributed by atoms with Crippen molar-refractivity contribution in [3.63, 3.8) is 0 Å². The highest BCUT2D eigenvalue weighted by Gasteiger charge is 2.17. The number of hydrogen-bond acceptors (Lipinski definition) is 4. The summed E-state index contributed by atoms with van der Waals surface area (Å²) in [5.74, 6) is -1.03. The van der Waals surface area contributed by atoms with E-state index in [4.69, 9.17) is 9.84 Å². The Labute approximate surface area is 85.2 Å². The van der Waals surface area contributed by atoms with Crippen molar-refractivity contribution in [1.29, 1.82) is 0 Å². The molecular formula is C9H9N3O3. The number of methoxy groups -OCH3 is 1. The number of carbonyl (C=O) groups is 1. The molecule has 0 aromatic carbocycles. The first-order chi connectivity index (χ1) is 7.24. The molecule has 0 aliphatic rings. The van der Waals surface area contributed by atoms with Crippen LogP contribution >= 0.6 is 0 Å². The van der Waals surface area contributed by atoms with E-state index in [0.29, 0.717) is 11.3 Å². The number of aromatic carboxylic acids is 1. The summed E-state index contributed by atoms with van der Waals surface area (Å²) < 4.78 is 6.36. The third-order valence-electron chi connectivity index (χ3n) is 1.99. The number of carboxylic acid groups (broad SMARTS) is 1. The molecule has 6 nitrogen and oxygen atoms in total. The third-order valence-corrected chi connectivity index (χ3v) is 1.99. The molecule has 0 bridgehead atoms. The number of ether oxygens (including phenoxy) is 1. The first-order valence-electron chi connectivity index (χ1n) is 4.27. The second-order valence-corrected chi connectivity index (χ2v) is 2.95. The number of hydrogen-bond donors (Lipinski definition) is 1. The van der Waals surface area contributed by atoms with Gasteiger partial charge in [-0.2, -0.15) is 0 Å². The van der Waals surface area contributed by atoms with Gasteiger partial charge in [-0.3, -0.25) is 9.38 Å². The molecule has 0 saturated heterocycles. The normalized spacial score (nSPS) is 10.7. The molecule has 1 N–H and O–H groups in total. The minimum atomic E-state index is -1.03. The third kappa shape index (κ3) is 1.55. The van der Waals surface area contributed by atoms with Crippen LogP contribution in [0.5, 0.6) is 0 Å². The van der Waals surface area contributed by atoms with Crippen LogP contribution in [0.3, 0.4) is 0 Å². The maximum absolute atomic E-state index is 11.0. The predicted octanol–water partition coefficient (Wildman–Crippen LogP) is 0.574. The maximum Gasteiger partial charge on any atom is 0.354 e. The van der Waals surface area contributed by atoms with Crippen molar-refractivity contribution >= 4 is 11.6 Å². The molecule has 0 spiro atoms. The average Bonchev–Trinajstić information content (AvgIpc) is 2.56. The fraction of sp³-hybridized carbons (Fsp3) is 0.222. The molecule has 0 radical (unpaired) electrons. The number of nitrogens with zero attached hydrogens (tertiary/aromatic N) is 3. The number of rotatable bonds is 3. The van der Waals surface area contributed by atoms with Gasteiger partial charge in [0.2, 0.25) is 0 Å². The highest BCUT2D eigenvalue weighted by atomic mass is 16.5. The Morgan fingerprint density at radius 3 is 3.13 bits per heavy atom. The molecule has 78 valence electrons. The molecule has 0 unspecified atom stereocenters. The molecule has 2 aromatic rings. The first-order valence-corrected chi connectivity index (χ1v) is 4.27. The molecule has 15 heavy (non-hydrogen) atoms. The Morgan fingerprint density at radius 2 is 2.47 bits per heavy atom. The van der Waals surface area contributed by atoms with Gasteiger partial charge in [-0.25, -0.2) is 9.78 Å². The van der Waals surface area contributed by atoms with E-state index in [1.807, 2.05) is 0 Å². The minimum absolute atomic E-state index is 0.120. The van der Waals surface area contributed by atoms with Crippen molar-refractivity contribution in [3.05, 3.63) is 30.0 Å². The second kappa shape index (κ2) is 3.66. The van der Waals surface area contributed by atoms with Gasteiger partial charge >= 0.3 is 5.97 Å². The molecule has 0 fully saturated rings. The number of carboxylic acids is 1. The molecular weight excluding hydrogens is 198 g/mol. The average molecular weight is 207 g/mol. The van der Waals surface area contributed by atoms with E-state index >= 15 is 0 Å². The van der Waals surface area contributed by atoms with Gasteiger partial charge < -0.3 is 9.84 Å². The number of aromatic nitrogens is 3. The zero-order valence-electron chi connectivity index (χ0n) is 8.04. The fourth-order valence-corrected chi connectivity index (χ4v) is 1.42. The van der Waals surface area contributed by atoms with Gasteiger partial charge in [0.05, 0.1) is 12.8 Å². The number of imidazole rings is 1. The molecule has 2 rings (SSSR count). The number of fused-ring (bicyclic) bond motifs is 1. The molecule has 0 saturated carbocycles. The van der Waals surface area contributed by atoms with Crippen LogP contribution in [0.15, 0.2) is 18.6 Å². The van der Waals surface area contributed by atoms with Crippen LogP contribution in [0.2, 0.25) is 0 Å². The van der Waals surface area contributed by atoms with Gasteiger partial charge in [0, 0.05) is 19.5 Å². The van der Waals surface area contributed by atoms with Crippen molar-refractivity contribution < 1.29 is 14.6 Å². The van der Waals surface area contributed by atoms with E-state index in [9.17, 15) is 4.79 Å². The minimum Gasteiger partial charge on any atom is -0.477 e. The van der Waals surface area contributed by atoms with Crippen molar-refractivity contribution in [2.75, 3.05) is 7.11 Å². The Balaban J connectivity index is 2.69. The van der Waals surface area contributed by atoms with Gasteiger partial charge in [0.15, 0.2) is 11.3 Å². The second-order valence-electron chi connectivity index (χ2n) is 2.95. The fourth-order valence-electron chi connectivity index (χ4n) is 1.42. The maximum atomic E-state index is 11.0. The molecule has 0 aliphatic carbocycles. The van der Waals surface area contributed by atoms with E-state index in [1.54, 1.807) is 6.20 Å². The summed E-state index contributed by atoms with van der Waals surface area (Å²) in [4.78, 5) is 19.0. The molecule has 2 heterocycles. The van der Waals surface area contributed by atoms with E-state index in [1.165, 1.54) is 23.9 Å². The Bertz CT molecular complexity index is 506.